The molecule has 3 nitrogen and oxygen atoms in total. The van der Waals surface area contributed by atoms with Gasteiger partial charge in [0, 0.05) is 6.04 Å². The molecule has 3 heteroatoms. The summed E-state index contributed by atoms with van der Waals surface area (Å²) in [7, 11) is 0. The van der Waals surface area contributed by atoms with Crippen LogP contribution in [0.3, 0.4) is 0 Å². The molecule has 2 atom stereocenters. The van der Waals surface area contributed by atoms with Crippen molar-refractivity contribution in [2.24, 2.45) is 17.6 Å². The zero-order valence-electron chi connectivity index (χ0n) is 11.7. The molecular formula is C15H29NO2. The third kappa shape index (κ3) is 7.00. The molecule has 0 spiro atoms. The van der Waals surface area contributed by atoms with Crippen molar-refractivity contribution in [1.82, 2.24) is 0 Å². The van der Waals surface area contributed by atoms with Gasteiger partial charge in [0.25, 0.3) is 0 Å². The molecule has 0 unspecified atom stereocenters. The van der Waals surface area contributed by atoms with E-state index in [2.05, 4.69) is 6.92 Å². The lowest BCUT2D eigenvalue weighted by Crippen LogP contribution is -2.24. The largest absolute Gasteiger partial charge is 0.481 e. The zero-order valence-corrected chi connectivity index (χ0v) is 11.7. The van der Waals surface area contributed by atoms with Crippen LogP contribution in [0.1, 0.15) is 71.1 Å². The molecule has 1 saturated carbocycles. The summed E-state index contributed by atoms with van der Waals surface area (Å²) in [5.41, 5.74) is 5.76. The fourth-order valence-electron chi connectivity index (χ4n) is 2.68. The quantitative estimate of drug-likeness (QED) is 0.587. The van der Waals surface area contributed by atoms with E-state index in [4.69, 9.17) is 10.8 Å². The minimum absolute atomic E-state index is 0.106. The average Bonchev–Trinajstić information content (AvgIpc) is 2.22. The summed E-state index contributed by atoms with van der Waals surface area (Å²) < 4.78 is 0. The number of nitrogens with two attached hydrogens (primary N) is 1. The Balaban J connectivity index is 1.92. The molecule has 1 rings (SSSR count). The maximum atomic E-state index is 10.5. The molecule has 1 fully saturated rings. The molecule has 0 aliphatic heterocycles. The van der Waals surface area contributed by atoms with Gasteiger partial charge in [0.15, 0.2) is 0 Å². The van der Waals surface area contributed by atoms with Crippen LogP contribution < -0.4 is 5.73 Å². The molecule has 0 aromatic heterocycles. The minimum Gasteiger partial charge on any atom is -0.481 e. The van der Waals surface area contributed by atoms with Gasteiger partial charge in [0.05, 0.1) is 6.42 Å². The van der Waals surface area contributed by atoms with Gasteiger partial charge >= 0.3 is 5.97 Å². The van der Waals surface area contributed by atoms with Crippen molar-refractivity contribution in [3.05, 3.63) is 0 Å². The van der Waals surface area contributed by atoms with E-state index < -0.39 is 5.97 Å². The lowest BCUT2D eigenvalue weighted by Gasteiger charge is -2.25. The predicted molar refractivity (Wildman–Crippen MR) is 74.4 cm³/mol. The van der Waals surface area contributed by atoms with Crippen molar-refractivity contribution in [2.75, 3.05) is 0 Å². The molecule has 0 aromatic carbocycles. The van der Waals surface area contributed by atoms with E-state index in [1.165, 1.54) is 44.9 Å². The third-order valence-electron chi connectivity index (χ3n) is 4.25. The van der Waals surface area contributed by atoms with Gasteiger partial charge in [-0.1, -0.05) is 51.9 Å². The highest BCUT2D eigenvalue weighted by molar-refractivity contribution is 5.67. The second-order valence-corrected chi connectivity index (χ2v) is 6.12. The topological polar surface area (TPSA) is 63.3 Å². The minimum atomic E-state index is -0.782. The van der Waals surface area contributed by atoms with Gasteiger partial charge < -0.3 is 10.8 Å². The Morgan fingerprint density at radius 3 is 2.56 bits per heavy atom. The molecular weight excluding hydrogens is 226 g/mol. The highest BCUT2D eigenvalue weighted by Gasteiger charge is 2.16. The summed E-state index contributed by atoms with van der Waals surface area (Å²) in [6.07, 6.45) is 11.8. The highest BCUT2D eigenvalue weighted by Crippen LogP contribution is 2.31. The van der Waals surface area contributed by atoms with Gasteiger partial charge in [-0.25, -0.2) is 0 Å². The lowest BCUT2D eigenvalue weighted by molar-refractivity contribution is -0.137. The number of rotatable bonds is 10. The van der Waals surface area contributed by atoms with Crippen LogP contribution in [0.4, 0.5) is 0 Å². The number of hydrogen-bond acceptors (Lipinski definition) is 2. The molecule has 0 heterocycles. The number of unbranched alkanes of at least 4 members (excludes halogenated alkanes) is 1. The SMILES string of the molecule is C[C@@H](CCCCC1CCC1)CC[C@H](N)CC(=O)O. The molecule has 1 aliphatic rings. The van der Waals surface area contributed by atoms with Crippen LogP contribution in [0.2, 0.25) is 0 Å². The summed E-state index contributed by atoms with van der Waals surface area (Å²) in [5, 5.41) is 8.62. The van der Waals surface area contributed by atoms with E-state index in [0.29, 0.717) is 5.92 Å². The number of carbonyl (C=O) groups is 1. The Morgan fingerprint density at radius 1 is 1.28 bits per heavy atom. The normalized spacial score (nSPS) is 19.2. The van der Waals surface area contributed by atoms with Gasteiger partial charge in [-0.3, -0.25) is 4.79 Å². The van der Waals surface area contributed by atoms with E-state index in [-0.39, 0.29) is 12.5 Å². The van der Waals surface area contributed by atoms with Gasteiger partial charge in [-0.2, -0.15) is 0 Å². The summed E-state index contributed by atoms with van der Waals surface area (Å²) in [6.45, 7) is 2.26. The fourth-order valence-corrected chi connectivity index (χ4v) is 2.68. The zero-order chi connectivity index (χ0) is 13.4. The first-order valence-corrected chi connectivity index (χ1v) is 7.55. The standard InChI is InChI=1S/C15H29NO2/c1-12(9-10-14(16)11-15(17)18)5-2-3-6-13-7-4-8-13/h12-14H,2-11,16H2,1H3,(H,17,18)/t12-,14-/m0/s1. The van der Waals surface area contributed by atoms with Crippen LogP contribution in [0.5, 0.6) is 0 Å². The van der Waals surface area contributed by atoms with E-state index in [9.17, 15) is 4.79 Å². The van der Waals surface area contributed by atoms with Crippen LogP contribution in [0.25, 0.3) is 0 Å². The second kappa shape index (κ2) is 8.52. The van der Waals surface area contributed by atoms with Gasteiger partial charge in [-0.05, 0) is 24.7 Å². The fraction of sp³-hybridized carbons (Fsp3) is 0.933. The van der Waals surface area contributed by atoms with Gasteiger partial charge in [0.1, 0.15) is 0 Å². The van der Waals surface area contributed by atoms with Crippen molar-refractivity contribution in [1.29, 1.82) is 0 Å². The van der Waals surface area contributed by atoms with Crippen molar-refractivity contribution < 1.29 is 9.90 Å². The Kier molecular flexibility index (Phi) is 7.33. The first-order valence-electron chi connectivity index (χ1n) is 7.55. The molecule has 0 aromatic rings. The van der Waals surface area contributed by atoms with E-state index in [1.807, 2.05) is 0 Å². The summed E-state index contributed by atoms with van der Waals surface area (Å²) in [4.78, 5) is 10.5. The summed E-state index contributed by atoms with van der Waals surface area (Å²) in [5.74, 6) is 0.936. The average molecular weight is 255 g/mol. The Labute approximate surface area is 111 Å². The first kappa shape index (κ1) is 15.5. The molecule has 0 radical (unpaired) electrons. The van der Waals surface area contributed by atoms with Crippen molar-refractivity contribution in [2.45, 2.75) is 77.2 Å². The maximum Gasteiger partial charge on any atom is 0.304 e. The Morgan fingerprint density at radius 2 is 2.00 bits per heavy atom. The number of aliphatic carboxylic acids is 1. The molecule has 0 saturated heterocycles. The van der Waals surface area contributed by atoms with Gasteiger partial charge in [0.2, 0.25) is 0 Å². The number of carboxylic acids is 1. The molecule has 0 bridgehead atoms. The number of carboxylic acid groups (broad SMARTS) is 1. The monoisotopic (exact) mass is 255 g/mol. The Bertz CT molecular complexity index is 239. The second-order valence-electron chi connectivity index (χ2n) is 6.12. The molecule has 18 heavy (non-hydrogen) atoms. The predicted octanol–water partition coefficient (Wildman–Crippen LogP) is 3.57. The van der Waals surface area contributed by atoms with E-state index >= 15 is 0 Å². The van der Waals surface area contributed by atoms with E-state index in [1.54, 1.807) is 0 Å². The summed E-state index contributed by atoms with van der Waals surface area (Å²) in [6, 6.07) is -0.167. The number of hydrogen-bond donors (Lipinski definition) is 2. The first-order chi connectivity index (χ1) is 8.58. The lowest BCUT2D eigenvalue weighted by atomic mass is 9.81. The molecule has 3 N–H and O–H groups in total. The Hall–Kier alpha value is -0.570. The van der Waals surface area contributed by atoms with Gasteiger partial charge in [-0.15, -0.1) is 0 Å². The van der Waals surface area contributed by atoms with Crippen molar-refractivity contribution in [3.8, 4) is 0 Å². The van der Waals surface area contributed by atoms with Crippen LogP contribution in [0, 0.1) is 11.8 Å². The maximum absolute atomic E-state index is 10.5. The van der Waals surface area contributed by atoms with Crippen LogP contribution >= 0.6 is 0 Å². The highest BCUT2D eigenvalue weighted by atomic mass is 16.4. The van der Waals surface area contributed by atoms with Crippen LogP contribution in [-0.4, -0.2) is 17.1 Å². The van der Waals surface area contributed by atoms with Crippen molar-refractivity contribution >= 4 is 5.97 Å². The molecule has 106 valence electrons. The van der Waals surface area contributed by atoms with Crippen LogP contribution in [0.15, 0.2) is 0 Å². The molecule has 1 aliphatic carbocycles. The third-order valence-corrected chi connectivity index (χ3v) is 4.25. The van der Waals surface area contributed by atoms with Crippen molar-refractivity contribution in [3.63, 3.8) is 0 Å². The smallest absolute Gasteiger partial charge is 0.304 e. The summed E-state index contributed by atoms with van der Waals surface area (Å²) >= 11 is 0. The molecule has 0 amide bonds. The van der Waals surface area contributed by atoms with E-state index in [0.717, 1.165) is 18.8 Å². The van der Waals surface area contributed by atoms with Crippen LogP contribution in [-0.2, 0) is 4.79 Å².